The van der Waals surface area contributed by atoms with Gasteiger partial charge in [0.1, 0.15) is 0 Å². The number of hydrogen-bond donors (Lipinski definition) is 1. The Morgan fingerprint density at radius 3 is 2.63 bits per heavy atom. The fraction of sp³-hybridized carbons (Fsp3) is 0.0500. The molecule has 0 aliphatic carbocycles. The van der Waals surface area contributed by atoms with Crippen LogP contribution in [0.1, 0.15) is 22.8 Å². The van der Waals surface area contributed by atoms with Crippen molar-refractivity contribution < 1.29 is 9.59 Å². The second-order valence-corrected chi connectivity index (χ2v) is 7.88. The third-order valence-electron chi connectivity index (χ3n) is 3.65. The first-order valence-electron chi connectivity index (χ1n) is 8.02. The van der Waals surface area contributed by atoms with Crippen LogP contribution in [0, 0.1) is 0 Å². The van der Waals surface area contributed by atoms with Gasteiger partial charge < -0.3 is 0 Å². The van der Waals surface area contributed by atoms with Crippen molar-refractivity contribution in [3.05, 3.63) is 87.3 Å². The Morgan fingerprint density at radius 1 is 1.19 bits per heavy atom. The molecule has 0 saturated carbocycles. The monoisotopic (exact) mass is 414 g/mol. The van der Waals surface area contributed by atoms with Crippen molar-refractivity contribution in [3.63, 3.8) is 0 Å². The largest absolute Gasteiger partial charge is 0.285 e. The van der Waals surface area contributed by atoms with Crippen LogP contribution in [-0.4, -0.2) is 21.1 Å². The van der Waals surface area contributed by atoms with Crippen molar-refractivity contribution in [2.24, 2.45) is 0 Å². The number of allylic oxidation sites excluding steroid dienone is 2. The molecular formula is C20H15ClN2O2S2. The minimum absolute atomic E-state index is 0.272. The minimum atomic E-state index is -0.452. The van der Waals surface area contributed by atoms with Crippen LogP contribution in [0.2, 0.25) is 5.02 Å². The zero-order valence-corrected chi connectivity index (χ0v) is 16.7. The average molecular weight is 415 g/mol. The highest BCUT2D eigenvalue weighted by Gasteiger charge is 2.33. The summed E-state index contributed by atoms with van der Waals surface area (Å²) in [4.78, 5) is 25.4. The summed E-state index contributed by atoms with van der Waals surface area (Å²) in [5.41, 5.74) is 4.83. The van der Waals surface area contributed by atoms with Crippen molar-refractivity contribution in [1.82, 2.24) is 10.4 Å². The number of hydrogen-bond acceptors (Lipinski definition) is 4. The van der Waals surface area contributed by atoms with E-state index >= 15 is 0 Å². The van der Waals surface area contributed by atoms with Crippen LogP contribution in [0.4, 0.5) is 0 Å². The maximum absolute atomic E-state index is 12.6. The number of halogens is 1. The third-order valence-corrected chi connectivity index (χ3v) is 5.18. The molecule has 1 aliphatic heterocycles. The second-order valence-electron chi connectivity index (χ2n) is 5.77. The molecule has 0 aromatic heterocycles. The molecule has 27 heavy (non-hydrogen) atoms. The highest BCUT2D eigenvalue weighted by Crippen LogP contribution is 2.31. The van der Waals surface area contributed by atoms with Gasteiger partial charge >= 0.3 is 0 Å². The molecule has 2 aromatic rings. The number of thioether (sulfide) groups is 1. The Balaban J connectivity index is 1.75. The molecule has 1 aliphatic rings. The lowest BCUT2D eigenvalue weighted by Crippen LogP contribution is -2.44. The number of rotatable bonds is 4. The molecule has 0 radical (unpaired) electrons. The molecule has 4 nitrogen and oxygen atoms in total. The zero-order chi connectivity index (χ0) is 19.4. The summed E-state index contributed by atoms with van der Waals surface area (Å²) in [5.74, 6) is -0.812. The van der Waals surface area contributed by atoms with E-state index in [9.17, 15) is 9.59 Å². The Kier molecular flexibility index (Phi) is 6.11. The molecule has 0 unspecified atom stereocenters. The van der Waals surface area contributed by atoms with Crippen LogP contribution in [0.25, 0.3) is 6.08 Å². The molecule has 1 saturated heterocycles. The standard InChI is InChI=1S/C20H15ClN2O2S2/c1-13(10-14-6-3-2-4-7-14)11-17-19(25)23(20(26)27-17)22-18(24)15-8-5-9-16(21)12-15/h2-12H,1H3,(H,22,24)/b13-10-,17-11+. The number of nitrogens with one attached hydrogen (secondary N) is 1. The number of thiocarbonyl (C=S) groups is 1. The first-order chi connectivity index (χ1) is 12.9. The zero-order valence-electron chi connectivity index (χ0n) is 14.3. The van der Waals surface area contributed by atoms with Gasteiger partial charge in [0.05, 0.1) is 4.91 Å². The molecule has 3 rings (SSSR count). The molecule has 2 aromatic carbocycles. The lowest BCUT2D eigenvalue weighted by Gasteiger charge is -2.15. The Morgan fingerprint density at radius 2 is 1.93 bits per heavy atom. The van der Waals surface area contributed by atoms with Gasteiger partial charge in [-0.05, 0) is 54.6 Å². The number of nitrogens with zero attached hydrogens (tertiary/aromatic N) is 1. The molecule has 1 N–H and O–H groups in total. The van der Waals surface area contributed by atoms with Crippen molar-refractivity contribution in [3.8, 4) is 0 Å². The summed E-state index contributed by atoms with van der Waals surface area (Å²) in [7, 11) is 0. The predicted octanol–water partition coefficient (Wildman–Crippen LogP) is 4.83. The van der Waals surface area contributed by atoms with Gasteiger partial charge in [0.25, 0.3) is 11.8 Å². The number of hydrazine groups is 1. The quantitative estimate of drug-likeness (QED) is 0.575. The second kappa shape index (κ2) is 8.52. The summed E-state index contributed by atoms with van der Waals surface area (Å²) in [6, 6.07) is 16.3. The van der Waals surface area contributed by atoms with E-state index in [1.54, 1.807) is 24.3 Å². The van der Waals surface area contributed by atoms with E-state index in [0.717, 1.165) is 27.9 Å². The normalized spacial score (nSPS) is 16.1. The summed E-state index contributed by atoms with van der Waals surface area (Å²) in [6.07, 6.45) is 3.73. The lowest BCUT2D eigenvalue weighted by atomic mass is 10.1. The Bertz CT molecular complexity index is 971. The topological polar surface area (TPSA) is 49.4 Å². The smallest absolute Gasteiger partial charge is 0.267 e. The third kappa shape index (κ3) is 4.86. The SMILES string of the molecule is CC(=C/c1ccccc1)/C=C1/SC(=S)N(NC(=O)c2cccc(Cl)c2)C1=O. The van der Waals surface area contributed by atoms with E-state index in [0.29, 0.717) is 15.5 Å². The van der Waals surface area contributed by atoms with Crippen LogP contribution in [0.3, 0.4) is 0 Å². The number of amides is 2. The molecule has 1 heterocycles. The predicted molar refractivity (Wildman–Crippen MR) is 114 cm³/mol. The van der Waals surface area contributed by atoms with Crippen LogP contribution >= 0.6 is 35.6 Å². The fourth-order valence-electron chi connectivity index (χ4n) is 2.42. The maximum Gasteiger partial charge on any atom is 0.285 e. The van der Waals surface area contributed by atoms with Gasteiger partial charge in [-0.15, -0.1) is 0 Å². The van der Waals surface area contributed by atoms with Crippen LogP contribution in [0.15, 0.2) is 71.2 Å². The Labute approximate surface area is 171 Å². The number of benzene rings is 2. The van der Waals surface area contributed by atoms with Gasteiger partial charge in [0.15, 0.2) is 4.32 Å². The lowest BCUT2D eigenvalue weighted by molar-refractivity contribution is -0.123. The first kappa shape index (κ1) is 19.4. The summed E-state index contributed by atoms with van der Waals surface area (Å²) >= 11 is 12.3. The van der Waals surface area contributed by atoms with E-state index in [2.05, 4.69) is 5.43 Å². The van der Waals surface area contributed by atoms with Crippen LogP contribution in [0.5, 0.6) is 0 Å². The maximum atomic E-state index is 12.6. The van der Waals surface area contributed by atoms with Gasteiger partial charge in [-0.1, -0.05) is 65.8 Å². The number of carbonyl (C=O) groups is 2. The molecule has 136 valence electrons. The molecule has 1 fully saturated rings. The van der Waals surface area contributed by atoms with E-state index in [4.69, 9.17) is 23.8 Å². The summed E-state index contributed by atoms with van der Waals surface area (Å²) in [5, 5.41) is 1.53. The van der Waals surface area contributed by atoms with E-state index in [1.165, 1.54) is 6.07 Å². The molecule has 0 atom stereocenters. The highest BCUT2D eigenvalue weighted by molar-refractivity contribution is 8.26. The van der Waals surface area contributed by atoms with E-state index in [-0.39, 0.29) is 10.2 Å². The minimum Gasteiger partial charge on any atom is -0.267 e. The van der Waals surface area contributed by atoms with Gasteiger partial charge in [-0.2, -0.15) is 5.01 Å². The highest BCUT2D eigenvalue weighted by atomic mass is 35.5. The van der Waals surface area contributed by atoms with Crippen LogP contribution < -0.4 is 5.43 Å². The average Bonchev–Trinajstić information content (AvgIpc) is 2.89. The fourth-order valence-corrected chi connectivity index (χ4v) is 3.84. The van der Waals surface area contributed by atoms with Gasteiger partial charge in [-0.3, -0.25) is 15.0 Å². The molecule has 7 heteroatoms. The van der Waals surface area contributed by atoms with Crippen molar-refractivity contribution in [2.45, 2.75) is 6.92 Å². The summed E-state index contributed by atoms with van der Waals surface area (Å²) in [6.45, 7) is 1.91. The van der Waals surface area contributed by atoms with Gasteiger partial charge in [-0.25, -0.2) is 0 Å². The van der Waals surface area contributed by atoms with Gasteiger partial charge in [0, 0.05) is 10.6 Å². The first-order valence-corrected chi connectivity index (χ1v) is 9.62. The van der Waals surface area contributed by atoms with Crippen molar-refractivity contribution >= 4 is 57.8 Å². The van der Waals surface area contributed by atoms with Crippen molar-refractivity contribution in [1.29, 1.82) is 0 Å². The molecule has 0 spiro atoms. The molecule has 0 bridgehead atoms. The molecule has 2 amide bonds. The van der Waals surface area contributed by atoms with Gasteiger partial charge in [0.2, 0.25) is 0 Å². The van der Waals surface area contributed by atoms with E-state index in [1.807, 2.05) is 43.3 Å². The summed E-state index contributed by atoms with van der Waals surface area (Å²) < 4.78 is 0.272. The van der Waals surface area contributed by atoms with Crippen molar-refractivity contribution in [2.75, 3.05) is 0 Å². The van der Waals surface area contributed by atoms with E-state index < -0.39 is 5.91 Å². The number of carbonyl (C=O) groups excluding carboxylic acids is 2. The molecular weight excluding hydrogens is 400 g/mol. The Hall–Kier alpha value is -2.41. The van der Waals surface area contributed by atoms with Crippen LogP contribution in [-0.2, 0) is 4.79 Å².